The second-order valence-corrected chi connectivity index (χ2v) is 8.48. The maximum atomic E-state index is 6.21. The number of benzene rings is 1. The molecule has 0 radical (unpaired) electrons. The summed E-state index contributed by atoms with van der Waals surface area (Å²) in [5.74, 6) is 2.79. The molecule has 1 saturated heterocycles. The Hall–Kier alpha value is -1.02. The molecular weight excluding hydrogens is 465 g/mol. The van der Waals surface area contributed by atoms with Gasteiger partial charge in [-0.3, -0.25) is 4.99 Å². The standard InChI is InChI=1S/C22H33N3O2.HI/c1-16-4-5-17(20(12-16)27-19-8-11-26-14-19)13-24-21(23-2)25-15-22(9-3-10-22)18-6-7-18;/h4-5,12,18-19H,3,6-11,13-15H2,1-2H3,(H2,23,24,25);1H. The number of hydrogen-bond donors (Lipinski definition) is 2. The Balaban J connectivity index is 0.00000225. The third-order valence-corrected chi connectivity index (χ3v) is 6.47. The molecule has 1 unspecified atom stereocenters. The predicted molar refractivity (Wildman–Crippen MR) is 124 cm³/mol. The maximum Gasteiger partial charge on any atom is 0.191 e. The number of rotatable bonds is 7. The van der Waals surface area contributed by atoms with Crippen molar-refractivity contribution in [2.75, 3.05) is 26.8 Å². The Morgan fingerprint density at radius 1 is 1.25 bits per heavy atom. The average molecular weight is 499 g/mol. The van der Waals surface area contributed by atoms with E-state index in [1.54, 1.807) is 0 Å². The van der Waals surface area contributed by atoms with E-state index in [0.29, 0.717) is 18.6 Å². The SMILES string of the molecule is CN=C(NCc1ccc(C)cc1OC1CCOC1)NCC1(C2CC2)CCC1.I. The van der Waals surface area contributed by atoms with Crippen molar-refractivity contribution in [3.05, 3.63) is 29.3 Å². The zero-order chi connectivity index (χ0) is 18.7. The largest absolute Gasteiger partial charge is 0.488 e. The molecule has 2 N–H and O–H groups in total. The highest BCUT2D eigenvalue weighted by molar-refractivity contribution is 14.0. The molecule has 6 heteroatoms. The fraction of sp³-hybridized carbons (Fsp3) is 0.682. The predicted octanol–water partition coefficient (Wildman–Crippen LogP) is 4.03. The zero-order valence-electron chi connectivity index (χ0n) is 17.1. The Morgan fingerprint density at radius 2 is 2.07 bits per heavy atom. The van der Waals surface area contributed by atoms with Crippen LogP contribution in [0.1, 0.15) is 49.7 Å². The van der Waals surface area contributed by atoms with E-state index in [1.807, 2.05) is 7.05 Å². The molecular formula is C22H34IN3O2. The Bertz CT molecular complexity index is 680. The summed E-state index contributed by atoms with van der Waals surface area (Å²) in [4.78, 5) is 4.43. The quantitative estimate of drug-likeness (QED) is 0.338. The molecule has 2 saturated carbocycles. The highest BCUT2D eigenvalue weighted by Gasteiger charge is 2.48. The van der Waals surface area contributed by atoms with Crippen LogP contribution < -0.4 is 15.4 Å². The summed E-state index contributed by atoms with van der Waals surface area (Å²) in [6.45, 7) is 5.34. The molecule has 1 aliphatic heterocycles. The minimum absolute atomic E-state index is 0. The molecule has 28 heavy (non-hydrogen) atoms. The molecule has 0 amide bonds. The summed E-state index contributed by atoms with van der Waals surface area (Å²) >= 11 is 0. The molecule has 2 aliphatic carbocycles. The van der Waals surface area contributed by atoms with Crippen molar-refractivity contribution in [3.63, 3.8) is 0 Å². The van der Waals surface area contributed by atoms with Gasteiger partial charge < -0.3 is 20.1 Å². The van der Waals surface area contributed by atoms with Crippen molar-refractivity contribution in [1.29, 1.82) is 0 Å². The van der Waals surface area contributed by atoms with Crippen LogP contribution in [0.2, 0.25) is 0 Å². The summed E-state index contributed by atoms with van der Waals surface area (Å²) in [6, 6.07) is 6.42. The number of aryl methyl sites for hydroxylation is 1. The van der Waals surface area contributed by atoms with Crippen molar-refractivity contribution in [2.45, 2.75) is 58.1 Å². The van der Waals surface area contributed by atoms with Gasteiger partial charge in [-0.2, -0.15) is 0 Å². The highest BCUT2D eigenvalue weighted by atomic mass is 127. The molecule has 0 aromatic heterocycles. The lowest BCUT2D eigenvalue weighted by molar-refractivity contribution is 0.106. The van der Waals surface area contributed by atoms with Crippen molar-refractivity contribution in [1.82, 2.24) is 10.6 Å². The van der Waals surface area contributed by atoms with Crippen LogP contribution in [0.15, 0.2) is 23.2 Å². The number of nitrogens with one attached hydrogen (secondary N) is 2. The van der Waals surface area contributed by atoms with Gasteiger partial charge in [0, 0.05) is 32.1 Å². The fourth-order valence-electron chi connectivity index (χ4n) is 4.42. The minimum atomic E-state index is 0. The minimum Gasteiger partial charge on any atom is -0.488 e. The van der Waals surface area contributed by atoms with E-state index in [-0.39, 0.29) is 30.1 Å². The third-order valence-electron chi connectivity index (χ3n) is 6.47. The third kappa shape index (κ3) is 5.12. The van der Waals surface area contributed by atoms with Gasteiger partial charge in [-0.25, -0.2) is 0 Å². The van der Waals surface area contributed by atoms with Crippen LogP contribution in [0.4, 0.5) is 0 Å². The molecule has 3 aliphatic rings. The maximum absolute atomic E-state index is 6.21. The van der Waals surface area contributed by atoms with Crippen LogP contribution in [-0.2, 0) is 11.3 Å². The van der Waals surface area contributed by atoms with Gasteiger partial charge >= 0.3 is 0 Å². The Kier molecular flexibility index (Phi) is 7.48. The van der Waals surface area contributed by atoms with Crippen molar-refractivity contribution in [3.8, 4) is 5.75 Å². The summed E-state index contributed by atoms with van der Waals surface area (Å²) in [5, 5.41) is 7.06. The molecule has 1 aromatic carbocycles. The van der Waals surface area contributed by atoms with E-state index < -0.39 is 0 Å². The molecule has 4 rings (SSSR count). The van der Waals surface area contributed by atoms with Crippen LogP contribution in [0.25, 0.3) is 0 Å². The van der Waals surface area contributed by atoms with E-state index in [9.17, 15) is 0 Å². The number of guanidine groups is 1. The molecule has 156 valence electrons. The topological polar surface area (TPSA) is 54.9 Å². The smallest absolute Gasteiger partial charge is 0.191 e. The van der Waals surface area contributed by atoms with Gasteiger partial charge in [0.1, 0.15) is 11.9 Å². The van der Waals surface area contributed by atoms with Crippen molar-refractivity contribution >= 4 is 29.9 Å². The van der Waals surface area contributed by atoms with E-state index in [0.717, 1.165) is 42.8 Å². The Labute approximate surface area is 186 Å². The van der Waals surface area contributed by atoms with Crippen molar-refractivity contribution < 1.29 is 9.47 Å². The van der Waals surface area contributed by atoms with Gasteiger partial charge in [-0.1, -0.05) is 18.6 Å². The van der Waals surface area contributed by atoms with Gasteiger partial charge in [-0.05, 0) is 55.6 Å². The van der Waals surface area contributed by atoms with E-state index in [4.69, 9.17) is 9.47 Å². The number of aliphatic imine (C=N–C) groups is 1. The van der Waals surface area contributed by atoms with E-state index >= 15 is 0 Å². The second-order valence-electron chi connectivity index (χ2n) is 8.48. The van der Waals surface area contributed by atoms with Crippen LogP contribution in [0.3, 0.4) is 0 Å². The first-order valence-electron chi connectivity index (χ1n) is 10.5. The zero-order valence-corrected chi connectivity index (χ0v) is 19.5. The molecule has 0 spiro atoms. The summed E-state index contributed by atoms with van der Waals surface area (Å²) < 4.78 is 11.7. The first-order chi connectivity index (χ1) is 13.2. The summed E-state index contributed by atoms with van der Waals surface area (Å²) in [5.41, 5.74) is 2.92. The summed E-state index contributed by atoms with van der Waals surface area (Å²) in [7, 11) is 1.85. The van der Waals surface area contributed by atoms with Gasteiger partial charge in [0.15, 0.2) is 5.96 Å². The molecule has 5 nitrogen and oxygen atoms in total. The van der Waals surface area contributed by atoms with Crippen LogP contribution in [0, 0.1) is 18.3 Å². The fourth-order valence-corrected chi connectivity index (χ4v) is 4.42. The number of halogens is 1. The van der Waals surface area contributed by atoms with Gasteiger partial charge in [0.25, 0.3) is 0 Å². The lowest BCUT2D eigenvalue weighted by atomic mass is 9.65. The van der Waals surface area contributed by atoms with E-state index in [2.05, 4.69) is 40.7 Å². The molecule has 0 bridgehead atoms. The van der Waals surface area contributed by atoms with Crippen LogP contribution in [0.5, 0.6) is 5.75 Å². The average Bonchev–Trinajstić information content (AvgIpc) is 3.35. The summed E-state index contributed by atoms with van der Waals surface area (Å²) in [6.07, 6.45) is 8.11. The van der Waals surface area contributed by atoms with Crippen LogP contribution >= 0.6 is 24.0 Å². The lowest BCUT2D eigenvalue weighted by Crippen LogP contribution is -2.47. The lowest BCUT2D eigenvalue weighted by Gasteiger charge is -2.43. The van der Waals surface area contributed by atoms with Crippen molar-refractivity contribution in [2.24, 2.45) is 16.3 Å². The monoisotopic (exact) mass is 499 g/mol. The molecule has 1 heterocycles. The second kappa shape index (κ2) is 9.65. The number of nitrogens with zero attached hydrogens (tertiary/aromatic N) is 1. The first-order valence-corrected chi connectivity index (χ1v) is 10.5. The Morgan fingerprint density at radius 3 is 2.68 bits per heavy atom. The molecule has 1 aromatic rings. The first kappa shape index (κ1) is 21.7. The van der Waals surface area contributed by atoms with Gasteiger partial charge in [-0.15, -0.1) is 24.0 Å². The number of ether oxygens (including phenoxy) is 2. The number of hydrogen-bond acceptors (Lipinski definition) is 3. The van der Waals surface area contributed by atoms with Gasteiger partial charge in [0.05, 0.1) is 13.2 Å². The van der Waals surface area contributed by atoms with Crippen LogP contribution in [-0.4, -0.2) is 38.9 Å². The van der Waals surface area contributed by atoms with Gasteiger partial charge in [0.2, 0.25) is 0 Å². The van der Waals surface area contributed by atoms with E-state index in [1.165, 1.54) is 37.7 Å². The molecule has 1 atom stereocenters. The normalized spacial score (nSPS) is 23.5. The highest BCUT2D eigenvalue weighted by Crippen LogP contribution is 2.56. The molecule has 3 fully saturated rings.